The fourth-order valence-electron chi connectivity index (χ4n) is 1.44. The van der Waals surface area contributed by atoms with Gasteiger partial charge in [0.15, 0.2) is 0 Å². The molecule has 0 radical (unpaired) electrons. The Hall–Kier alpha value is -1.76. The zero-order valence-corrected chi connectivity index (χ0v) is 10.1. The van der Waals surface area contributed by atoms with E-state index in [1.165, 1.54) is 6.20 Å². The molecule has 84 valence electrons. The molecule has 1 aromatic heterocycles. The SMILES string of the molecule is N#Cc1cc(-c2c(Cl)cccc2Cl)ncc1N. The molecule has 0 bridgehead atoms. The lowest BCUT2D eigenvalue weighted by atomic mass is 10.1. The number of anilines is 1. The molecule has 1 aromatic carbocycles. The number of aromatic nitrogens is 1. The van der Waals surface area contributed by atoms with Crippen LogP contribution in [0.1, 0.15) is 5.56 Å². The van der Waals surface area contributed by atoms with Crippen LogP contribution >= 0.6 is 23.2 Å². The summed E-state index contributed by atoms with van der Waals surface area (Å²) in [5.41, 5.74) is 7.43. The average Bonchev–Trinajstić information content (AvgIpc) is 2.31. The smallest absolute Gasteiger partial charge is 0.101 e. The maximum atomic E-state index is 8.90. The molecular weight excluding hydrogens is 257 g/mol. The first-order valence-electron chi connectivity index (χ1n) is 4.73. The highest BCUT2D eigenvalue weighted by atomic mass is 35.5. The molecule has 5 heteroatoms. The first kappa shape index (κ1) is 11.7. The second-order valence-electron chi connectivity index (χ2n) is 3.37. The Morgan fingerprint density at radius 3 is 2.47 bits per heavy atom. The van der Waals surface area contributed by atoms with Crippen LogP contribution in [0.15, 0.2) is 30.5 Å². The molecule has 2 N–H and O–H groups in total. The molecule has 0 amide bonds. The summed E-state index contributed by atoms with van der Waals surface area (Å²) in [5.74, 6) is 0. The Morgan fingerprint density at radius 2 is 1.88 bits per heavy atom. The molecule has 1 heterocycles. The van der Waals surface area contributed by atoms with E-state index in [9.17, 15) is 0 Å². The normalized spacial score (nSPS) is 9.94. The third kappa shape index (κ3) is 2.19. The summed E-state index contributed by atoms with van der Waals surface area (Å²) in [7, 11) is 0. The minimum atomic E-state index is 0.333. The Morgan fingerprint density at radius 1 is 1.24 bits per heavy atom. The maximum absolute atomic E-state index is 8.90. The minimum Gasteiger partial charge on any atom is -0.396 e. The zero-order valence-electron chi connectivity index (χ0n) is 8.61. The second kappa shape index (κ2) is 4.62. The topological polar surface area (TPSA) is 62.7 Å². The Balaban J connectivity index is 2.66. The molecule has 0 aliphatic rings. The molecule has 0 saturated heterocycles. The molecule has 2 rings (SSSR count). The van der Waals surface area contributed by atoms with Crippen molar-refractivity contribution in [2.45, 2.75) is 0 Å². The second-order valence-corrected chi connectivity index (χ2v) is 4.18. The van der Waals surface area contributed by atoms with Crippen molar-refractivity contribution >= 4 is 28.9 Å². The van der Waals surface area contributed by atoms with Crippen LogP contribution in [0.5, 0.6) is 0 Å². The van der Waals surface area contributed by atoms with Gasteiger partial charge in [-0.3, -0.25) is 4.98 Å². The predicted molar refractivity (Wildman–Crippen MR) is 68.8 cm³/mol. The van der Waals surface area contributed by atoms with Gasteiger partial charge >= 0.3 is 0 Å². The Kier molecular flexibility index (Phi) is 3.19. The summed E-state index contributed by atoms with van der Waals surface area (Å²) in [6.07, 6.45) is 1.42. The van der Waals surface area contributed by atoms with Gasteiger partial charge in [-0.15, -0.1) is 0 Å². The highest BCUT2D eigenvalue weighted by molar-refractivity contribution is 6.39. The summed E-state index contributed by atoms with van der Waals surface area (Å²) >= 11 is 12.1. The molecule has 0 fully saturated rings. The quantitative estimate of drug-likeness (QED) is 0.857. The van der Waals surface area contributed by atoms with Crippen LogP contribution in [0.2, 0.25) is 10.0 Å². The Bertz CT molecular complexity index is 597. The molecule has 17 heavy (non-hydrogen) atoms. The summed E-state index contributed by atoms with van der Waals surface area (Å²) in [6.45, 7) is 0. The lowest BCUT2D eigenvalue weighted by Gasteiger charge is -2.07. The van der Waals surface area contributed by atoms with Crippen LogP contribution in [0.3, 0.4) is 0 Å². The van der Waals surface area contributed by atoms with Gasteiger partial charge in [0.25, 0.3) is 0 Å². The van der Waals surface area contributed by atoms with E-state index in [1.54, 1.807) is 24.3 Å². The minimum absolute atomic E-state index is 0.333. The van der Waals surface area contributed by atoms with Gasteiger partial charge in [0.1, 0.15) is 6.07 Å². The third-order valence-corrected chi connectivity index (χ3v) is 2.90. The highest BCUT2D eigenvalue weighted by Gasteiger charge is 2.11. The molecule has 0 atom stereocenters. The molecule has 0 spiro atoms. The van der Waals surface area contributed by atoms with E-state index in [2.05, 4.69) is 4.98 Å². The zero-order chi connectivity index (χ0) is 12.4. The lowest BCUT2D eigenvalue weighted by Crippen LogP contribution is -1.94. The highest BCUT2D eigenvalue weighted by Crippen LogP contribution is 2.34. The Labute approximate surface area is 108 Å². The number of benzene rings is 1. The van der Waals surface area contributed by atoms with Crippen molar-refractivity contribution in [3.63, 3.8) is 0 Å². The fourth-order valence-corrected chi connectivity index (χ4v) is 2.03. The number of nitriles is 1. The number of nitrogens with zero attached hydrogens (tertiary/aromatic N) is 2. The van der Waals surface area contributed by atoms with Gasteiger partial charge in [0.2, 0.25) is 0 Å². The number of hydrogen-bond acceptors (Lipinski definition) is 3. The van der Waals surface area contributed by atoms with E-state index in [0.717, 1.165) is 0 Å². The van der Waals surface area contributed by atoms with Crippen LogP contribution in [-0.2, 0) is 0 Å². The van der Waals surface area contributed by atoms with Crippen LogP contribution in [0.4, 0.5) is 5.69 Å². The van der Waals surface area contributed by atoms with Crippen LogP contribution in [0, 0.1) is 11.3 Å². The molecular formula is C12H7Cl2N3. The summed E-state index contributed by atoms with van der Waals surface area (Å²) in [6, 6.07) is 8.74. The maximum Gasteiger partial charge on any atom is 0.101 e. The number of pyridine rings is 1. The number of nitrogens with two attached hydrogens (primary N) is 1. The van der Waals surface area contributed by atoms with Gasteiger partial charge in [0, 0.05) is 5.56 Å². The van der Waals surface area contributed by atoms with E-state index in [0.29, 0.717) is 32.6 Å². The van der Waals surface area contributed by atoms with Gasteiger partial charge in [-0.2, -0.15) is 5.26 Å². The number of rotatable bonds is 1. The fraction of sp³-hybridized carbons (Fsp3) is 0. The van der Waals surface area contributed by atoms with Gasteiger partial charge in [-0.25, -0.2) is 0 Å². The number of nitrogen functional groups attached to an aromatic ring is 1. The number of hydrogen-bond donors (Lipinski definition) is 1. The van der Waals surface area contributed by atoms with Crippen molar-refractivity contribution in [1.82, 2.24) is 4.98 Å². The van der Waals surface area contributed by atoms with Crippen LogP contribution < -0.4 is 5.73 Å². The molecule has 3 nitrogen and oxygen atoms in total. The predicted octanol–water partition coefficient (Wildman–Crippen LogP) is 3.51. The van der Waals surface area contributed by atoms with E-state index < -0.39 is 0 Å². The third-order valence-electron chi connectivity index (χ3n) is 2.27. The van der Waals surface area contributed by atoms with E-state index in [1.807, 2.05) is 6.07 Å². The van der Waals surface area contributed by atoms with Gasteiger partial charge < -0.3 is 5.73 Å². The van der Waals surface area contributed by atoms with Crippen LogP contribution in [-0.4, -0.2) is 4.98 Å². The monoisotopic (exact) mass is 263 g/mol. The average molecular weight is 264 g/mol. The van der Waals surface area contributed by atoms with Crippen molar-refractivity contribution in [2.75, 3.05) is 5.73 Å². The summed E-state index contributed by atoms with van der Waals surface area (Å²) < 4.78 is 0. The van der Waals surface area contributed by atoms with E-state index >= 15 is 0 Å². The van der Waals surface area contributed by atoms with E-state index in [-0.39, 0.29) is 0 Å². The standard InChI is InChI=1S/C12H7Cl2N3/c13-8-2-1-3-9(14)12(8)11-4-7(5-15)10(16)6-17-11/h1-4,6H,16H2. The van der Waals surface area contributed by atoms with Gasteiger partial charge in [-0.05, 0) is 18.2 Å². The molecule has 0 aliphatic heterocycles. The summed E-state index contributed by atoms with van der Waals surface area (Å²) in [4.78, 5) is 4.13. The molecule has 0 saturated carbocycles. The van der Waals surface area contributed by atoms with Crippen LogP contribution in [0.25, 0.3) is 11.3 Å². The number of halogens is 2. The van der Waals surface area contributed by atoms with Crippen molar-refractivity contribution in [3.8, 4) is 17.3 Å². The largest absolute Gasteiger partial charge is 0.396 e. The van der Waals surface area contributed by atoms with Crippen molar-refractivity contribution in [3.05, 3.63) is 46.1 Å². The van der Waals surface area contributed by atoms with Gasteiger partial charge in [-0.1, -0.05) is 29.3 Å². The summed E-state index contributed by atoms with van der Waals surface area (Å²) in [5, 5.41) is 9.87. The lowest BCUT2D eigenvalue weighted by molar-refractivity contribution is 1.31. The molecule has 0 unspecified atom stereocenters. The van der Waals surface area contributed by atoms with E-state index in [4.69, 9.17) is 34.2 Å². The molecule has 0 aliphatic carbocycles. The molecule has 2 aromatic rings. The van der Waals surface area contributed by atoms with Gasteiger partial charge in [0.05, 0.1) is 33.2 Å². The van der Waals surface area contributed by atoms with Crippen molar-refractivity contribution in [2.24, 2.45) is 0 Å². The first-order chi connectivity index (χ1) is 8.13. The van der Waals surface area contributed by atoms with Crippen molar-refractivity contribution in [1.29, 1.82) is 5.26 Å². The first-order valence-corrected chi connectivity index (χ1v) is 5.49. The van der Waals surface area contributed by atoms with Crippen molar-refractivity contribution < 1.29 is 0 Å².